The van der Waals surface area contributed by atoms with Crippen molar-refractivity contribution in [1.82, 2.24) is 15.1 Å². The molecule has 1 N–H and O–H groups in total. The summed E-state index contributed by atoms with van der Waals surface area (Å²) < 4.78 is 5.32. The number of anilines is 1. The Morgan fingerprint density at radius 3 is 2.75 bits per heavy atom. The van der Waals surface area contributed by atoms with Gasteiger partial charge >= 0.3 is 6.01 Å². The number of aryl methyl sites for hydroxylation is 1. The minimum atomic E-state index is 0.224. The van der Waals surface area contributed by atoms with Gasteiger partial charge in [0.05, 0.1) is 0 Å². The van der Waals surface area contributed by atoms with Crippen LogP contribution in [0.15, 0.2) is 4.42 Å². The fourth-order valence-corrected chi connectivity index (χ4v) is 3.22. The minimum absolute atomic E-state index is 0.224. The van der Waals surface area contributed by atoms with Crippen molar-refractivity contribution in [2.24, 2.45) is 5.92 Å². The number of amides is 1. The van der Waals surface area contributed by atoms with E-state index >= 15 is 0 Å². The third kappa shape index (κ3) is 2.94. The monoisotopic (exact) mass is 278 g/mol. The molecule has 1 aliphatic heterocycles. The highest BCUT2D eigenvalue weighted by molar-refractivity contribution is 5.79. The number of carbonyl (C=O) groups excluding carboxylic acids is 1. The molecule has 20 heavy (non-hydrogen) atoms. The van der Waals surface area contributed by atoms with E-state index in [9.17, 15) is 4.79 Å². The second kappa shape index (κ2) is 5.81. The first-order valence-electron chi connectivity index (χ1n) is 7.58. The number of aromatic nitrogens is 2. The number of nitrogens with one attached hydrogen (secondary N) is 1. The smallest absolute Gasteiger partial charge is 0.315 e. The van der Waals surface area contributed by atoms with E-state index in [0.717, 1.165) is 32.4 Å². The predicted octanol–water partition coefficient (Wildman–Crippen LogP) is 1.97. The first kappa shape index (κ1) is 13.4. The summed E-state index contributed by atoms with van der Waals surface area (Å²) >= 11 is 0. The maximum Gasteiger partial charge on any atom is 0.315 e. The van der Waals surface area contributed by atoms with Crippen molar-refractivity contribution in [1.29, 1.82) is 0 Å². The van der Waals surface area contributed by atoms with Crippen LogP contribution in [0.25, 0.3) is 0 Å². The molecule has 0 bridgehead atoms. The average molecular weight is 278 g/mol. The van der Waals surface area contributed by atoms with E-state index in [2.05, 4.69) is 15.5 Å². The van der Waals surface area contributed by atoms with Gasteiger partial charge in [-0.1, -0.05) is 24.4 Å². The van der Waals surface area contributed by atoms with Crippen LogP contribution >= 0.6 is 0 Å². The zero-order chi connectivity index (χ0) is 13.9. The van der Waals surface area contributed by atoms with Crippen molar-refractivity contribution in [2.45, 2.75) is 51.5 Å². The van der Waals surface area contributed by atoms with Crippen LogP contribution in [-0.4, -0.2) is 40.1 Å². The Kier molecular flexibility index (Phi) is 3.89. The van der Waals surface area contributed by atoms with E-state index in [4.69, 9.17) is 4.42 Å². The number of hydrogen-bond acceptors (Lipinski definition) is 5. The van der Waals surface area contributed by atoms with Gasteiger partial charge in [-0.2, -0.15) is 0 Å². The molecular weight excluding hydrogens is 256 g/mol. The third-order valence-electron chi connectivity index (χ3n) is 4.31. The molecule has 2 fully saturated rings. The van der Waals surface area contributed by atoms with Gasteiger partial charge in [-0.05, 0) is 19.3 Å². The Morgan fingerprint density at radius 1 is 1.25 bits per heavy atom. The van der Waals surface area contributed by atoms with Crippen LogP contribution in [0.4, 0.5) is 6.01 Å². The summed E-state index contributed by atoms with van der Waals surface area (Å²) in [5.74, 6) is 1.16. The molecular formula is C14H22N4O2. The van der Waals surface area contributed by atoms with Crippen LogP contribution in [0, 0.1) is 12.8 Å². The summed E-state index contributed by atoms with van der Waals surface area (Å²) in [6.45, 7) is 3.35. The van der Waals surface area contributed by atoms with E-state index in [1.165, 1.54) is 19.3 Å². The Bertz CT molecular complexity index is 467. The highest BCUT2D eigenvalue weighted by atomic mass is 16.4. The van der Waals surface area contributed by atoms with E-state index in [-0.39, 0.29) is 12.0 Å². The first-order valence-corrected chi connectivity index (χ1v) is 7.58. The second-order valence-corrected chi connectivity index (χ2v) is 5.88. The number of carbonyl (C=O) groups is 1. The van der Waals surface area contributed by atoms with Gasteiger partial charge in [-0.3, -0.25) is 4.79 Å². The molecule has 1 unspecified atom stereocenters. The fraction of sp³-hybridized carbons (Fsp3) is 0.786. The zero-order valence-corrected chi connectivity index (χ0v) is 12.0. The average Bonchev–Trinajstić information content (AvgIpc) is 3.09. The molecule has 0 radical (unpaired) electrons. The Morgan fingerprint density at radius 2 is 2.05 bits per heavy atom. The summed E-state index contributed by atoms with van der Waals surface area (Å²) in [5.41, 5.74) is 0. The van der Waals surface area contributed by atoms with E-state index in [1.807, 2.05) is 4.90 Å². The van der Waals surface area contributed by atoms with Crippen LogP contribution in [0.2, 0.25) is 0 Å². The summed E-state index contributed by atoms with van der Waals surface area (Å²) in [4.78, 5) is 14.4. The fourth-order valence-electron chi connectivity index (χ4n) is 3.22. The van der Waals surface area contributed by atoms with E-state index in [0.29, 0.717) is 17.8 Å². The zero-order valence-electron chi connectivity index (χ0n) is 12.0. The quantitative estimate of drug-likeness (QED) is 0.915. The van der Waals surface area contributed by atoms with Gasteiger partial charge in [-0.15, -0.1) is 5.10 Å². The molecule has 1 aromatic heterocycles. The highest BCUT2D eigenvalue weighted by Gasteiger charge is 2.31. The molecule has 6 heteroatoms. The van der Waals surface area contributed by atoms with Crippen LogP contribution in [0.1, 0.15) is 44.4 Å². The Hall–Kier alpha value is -1.59. The van der Waals surface area contributed by atoms with Gasteiger partial charge in [0.15, 0.2) is 0 Å². The Labute approximate surface area is 118 Å². The molecule has 3 rings (SSSR count). The van der Waals surface area contributed by atoms with Crippen LogP contribution in [-0.2, 0) is 4.79 Å². The standard InChI is InChI=1S/C14H22N4O2/c1-10-16-17-14(20-10)15-12-7-8-18(9-12)13(19)11-5-3-2-4-6-11/h11-12H,2-9H2,1H3,(H,15,17). The summed E-state index contributed by atoms with van der Waals surface area (Å²) in [7, 11) is 0. The number of hydrogen-bond donors (Lipinski definition) is 1. The topological polar surface area (TPSA) is 71.3 Å². The molecule has 1 atom stereocenters. The van der Waals surface area contributed by atoms with Crippen molar-refractivity contribution in [3.05, 3.63) is 5.89 Å². The van der Waals surface area contributed by atoms with Crippen molar-refractivity contribution >= 4 is 11.9 Å². The number of nitrogens with zero attached hydrogens (tertiary/aromatic N) is 3. The Balaban J connectivity index is 1.52. The molecule has 6 nitrogen and oxygen atoms in total. The molecule has 2 aliphatic rings. The molecule has 2 heterocycles. The number of rotatable bonds is 3. The summed E-state index contributed by atoms with van der Waals surface area (Å²) in [5, 5.41) is 10.9. The molecule has 1 amide bonds. The van der Waals surface area contributed by atoms with Crippen molar-refractivity contribution in [3.63, 3.8) is 0 Å². The van der Waals surface area contributed by atoms with E-state index < -0.39 is 0 Å². The predicted molar refractivity (Wildman–Crippen MR) is 74.2 cm³/mol. The number of likely N-dealkylation sites (tertiary alicyclic amines) is 1. The molecule has 0 spiro atoms. The highest BCUT2D eigenvalue weighted by Crippen LogP contribution is 2.27. The molecule has 0 aromatic carbocycles. The van der Waals surface area contributed by atoms with Crippen molar-refractivity contribution in [3.8, 4) is 0 Å². The van der Waals surface area contributed by atoms with Crippen LogP contribution in [0.5, 0.6) is 0 Å². The minimum Gasteiger partial charge on any atom is -0.408 e. The van der Waals surface area contributed by atoms with Crippen molar-refractivity contribution in [2.75, 3.05) is 18.4 Å². The van der Waals surface area contributed by atoms with Gasteiger partial charge in [0, 0.05) is 32.0 Å². The third-order valence-corrected chi connectivity index (χ3v) is 4.31. The van der Waals surface area contributed by atoms with E-state index in [1.54, 1.807) is 6.92 Å². The largest absolute Gasteiger partial charge is 0.408 e. The summed E-state index contributed by atoms with van der Waals surface area (Å²) in [6, 6.07) is 0.682. The second-order valence-electron chi connectivity index (χ2n) is 5.88. The molecule has 1 saturated heterocycles. The normalized spacial score (nSPS) is 24.1. The lowest BCUT2D eigenvalue weighted by Gasteiger charge is -2.26. The van der Waals surface area contributed by atoms with Gasteiger partial charge < -0.3 is 14.6 Å². The van der Waals surface area contributed by atoms with Gasteiger partial charge in [0.2, 0.25) is 11.8 Å². The van der Waals surface area contributed by atoms with Gasteiger partial charge in [-0.25, -0.2) is 0 Å². The van der Waals surface area contributed by atoms with Crippen LogP contribution < -0.4 is 5.32 Å². The summed E-state index contributed by atoms with van der Waals surface area (Å²) in [6.07, 6.45) is 6.76. The maximum atomic E-state index is 12.4. The SMILES string of the molecule is Cc1nnc(NC2CCN(C(=O)C3CCCCC3)C2)o1. The lowest BCUT2D eigenvalue weighted by Crippen LogP contribution is -2.36. The molecule has 1 aliphatic carbocycles. The molecule has 110 valence electrons. The van der Waals surface area contributed by atoms with Gasteiger partial charge in [0.25, 0.3) is 0 Å². The lowest BCUT2D eigenvalue weighted by atomic mass is 9.88. The lowest BCUT2D eigenvalue weighted by molar-refractivity contribution is -0.135. The molecule has 1 saturated carbocycles. The maximum absolute atomic E-state index is 12.4. The van der Waals surface area contributed by atoms with Gasteiger partial charge in [0.1, 0.15) is 0 Å². The van der Waals surface area contributed by atoms with Crippen molar-refractivity contribution < 1.29 is 9.21 Å². The van der Waals surface area contributed by atoms with Crippen LogP contribution in [0.3, 0.4) is 0 Å². The molecule has 1 aromatic rings. The first-order chi connectivity index (χ1) is 9.72.